The third-order valence-electron chi connectivity index (χ3n) is 11.6. The van der Waals surface area contributed by atoms with Gasteiger partial charge in [0.25, 0.3) is 0 Å². The summed E-state index contributed by atoms with van der Waals surface area (Å²) in [5, 5.41) is 17.5. The van der Waals surface area contributed by atoms with Crippen molar-refractivity contribution in [3.63, 3.8) is 0 Å². The third-order valence-corrected chi connectivity index (χ3v) is 11.6. The Labute approximate surface area is 334 Å². The molecule has 2 aromatic heterocycles. The summed E-state index contributed by atoms with van der Waals surface area (Å²) in [6, 6.07) is 0. The Morgan fingerprint density at radius 2 is 1.12 bits per heavy atom. The lowest BCUT2D eigenvalue weighted by atomic mass is 9.84. The van der Waals surface area contributed by atoms with Gasteiger partial charge >= 0.3 is 11.9 Å². The van der Waals surface area contributed by atoms with Gasteiger partial charge in [-0.25, -0.2) is 0 Å². The first-order chi connectivity index (χ1) is 27.1. The first-order valence-electron chi connectivity index (χ1n) is 21.8. The van der Waals surface area contributed by atoms with Gasteiger partial charge in [-0.2, -0.15) is 9.97 Å². The Morgan fingerprint density at radius 1 is 0.696 bits per heavy atom. The number of carboxylic acid groups (broad SMARTS) is 1. The van der Waals surface area contributed by atoms with Crippen molar-refractivity contribution in [3.05, 3.63) is 23.4 Å². The Hall–Kier alpha value is -2.94. The summed E-state index contributed by atoms with van der Waals surface area (Å²) < 4.78 is 27.4. The number of nitrogens with zero attached hydrogens (tertiary/aromatic N) is 6. The van der Waals surface area contributed by atoms with E-state index in [-0.39, 0.29) is 24.2 Å². The first kappa shape index (κ1) is 44.2. The van der Waals surface area contributed by atoms with Gasteiger partial charge in [-0.3, -0.25) is 19.4 Å². The van der Waals surface area contributed by atoms with Gasteiger partial charge in [0.1, 0.15) is 5.60 Å². The largest absolute Gasteiger partial charge is 0.481 e. The number of ether oxygens (including phenoxy) is 3. The number of hydrogen-bond acceptors (Lipinski definition) is 13. The normalized spacial score (nSPS) is 20.6. The highest BCUT2D eigenvalue weighted by atomic mass is 16.6. The van der Waals surface area contributed by atoms with Gasteiger partial charge in [0, 0.05) is 38.0 Å². The molecule has 14 heteroatoms. The average Bonchev–Trinajstić information content (AvgIpc) is 3.85. The van der Waals surface area contributed by atoms with E-state index in [9.17, 15) is 14.7 Å². The van der Waals surface area contributed by atoms with Crippen LogP contribution in [0.15, 0.2) is 9.05 Å². The van der Waals surface area contributed by atoms with E-state index in [0.29, 0.717) is 42.9 Å². The van der Waals surface area contributed by atoms with E-state index >= 15 is 0 Å². The molecule has 2 aliphatic heterocycles. The quantitative estimate of drug-likeness (QED) is 0.146. The summed E-state index contributed by atoms with van der Waals surface area (Å²) in [6.07, 6.45) is 20.1. The van der Waals surface area contributed by atoms with Gasteiger partial charge in [-0.05, 0) is 45.4 Å². The standard InChI is InChI=1S/C23H39N3O4.C19H31N3O4/c1-23(2,3)29-21(27)16-19(11-7-10-18-8-5-4-6-9-18)22-24-20(25-30-22)17-26-12-14-28-15-13-26;23-18(24)13-16(8-4-7-15-5-2-1-3-6-15)19-20-17(21-26-19)14-22-9-11-25-12-10-22/h18-19H,4-17H2,1-3H3;15-16H,1-14H2,(H,23,24)/t19-;16-/m11/s1. The number of morpholine rings is 2. The van der Waals surface area contributed by atoms with E-state index in [1.807, 2.05) is 20.8 Å². The maximum atomic E-state index is 12.5. The van der Waals surface area contributed by atoms with E-state index in [2.05, 4.69) is 30.1 Å². The maximum Gasteiger partial charge on any atom is 0.307 e. The minimum Gasteiger partial charge on any atom is -0.481 e. The molecule has 2 saturated carbocycles. The molecule has 0 aromatic carbocycles. The van der Waals surface area contributed by atoms with Crippen LogP contribution >= 0.6 is 0 Å². The number of carbonyl (C=O) groups is 2. The van der Waals surface area contributed by atoms with Crippen LogP contribution in [0.2, 0.25) is 0 Å². The molecule has 1 N–H and O–H groups in total. The van der Waals surface area contributed by atoms with Crippen molar-refractivity contribution in [2.24, 2.45) is 11.8 Å². The lowest BCUT2D eigenvalue weighted by Crippen LogP contribution is -2.35. The summed E-state index contributed by atoms with van der Waals surface area (Å²) in [6.45, 7) is 13.4. The lowest BCUT2D eigenvalue weighted by molar-refractivity contribution is -0.155. The monoisotopic (exact) mass is 787 g/mol. The minimum absolute atomic E-state index is 0.0594. The lowest BCUT2D eigenvalue weighted by Gasteiger charge is -2.25. The summed E-state index contributed by atoms with van der Waals surface area (Å²) in [7, 11) is 0. The molecule has 4 aliphatic rings. The fourth-order valence-corrected chi connectivity index (χ4v) is 8.59. The summed E-state index contributed by atoms with van der Waals surface area (Å²) in [5.41, 5.74) is -0.486. The summed E-state index contributed by atoms with van der Waals surface area (Å²) >= 11 is 0. The van der Waals surface area contributed by atoms with Crippen LogP contribution < -0.4 is 0 Å². The minimum atomic E-state index is -0.805. The van der Waals surface area contributed by atoms with Gasteiger partial charge < -0.3 is 28.4 Å². The predicted molar refractivity (Wildman–Crippen MR) is 210 cm³/mol. The van der Waals surface area contributed by atoms with Gasteiger partial charge in [0.2, 0.25) is 11.8 Å². The number of hydrogen-bond donors (Lipinski definition) is 1. The topological polar surface area (TPSA) is 166 Å². The van der Waals surface area contributed by atoms with Crippen molar-refractivity contribution in [2.75, 3.05) is 52.6 Å². The molecule has 4 heterocycles. The fraction of sp³-hybridized carbons (Fsp3) is 0.857. The van der Waals surface area contributed by atoms with Crippen LogP contribution in [0.4, 0.5) is 0 Å². The van der Waals surface area contributed by atoms with Crippen molar-refractivity contribution in [1.82, 2.24) is 30.1 Å². The molecule has 0 unspecified atom stereocenters. The van der Waals surface area contributed by atoms with E-state index in [1.165, 1.54) is 77.0 Å². The van der Waals surface area contributed by atoms with Crippen molar-refractivity contribution in [1.29, 1.82) is 0 Å². The molecule has 0 spiro atoms. The maximum absolute atomic E-state index is 12.5. The number of rotatable bonds is 18. The van der Waals surface area contributed by atoms with Crippen molar-refractivity contribution in [3.8, 4) is 0 Å². The molecule has 56 heavy (non-hydrogen) atoms. The Kier molecular flexibility index (Phi) is 18.5. The second kappa shape index (κ2) is 23.5. The Morgan fingerprint density at radius 3 is 1.54 bits per heavy atom. The highest BCUT2D eigenvalue weighted by Crippen LogP contribution is 2.33. The first-order valence-corrected chi connectivity index (χ1v) is 21.8. The molecule has 2 aromatic rings. The highest BCUT2D eigenvalue weighted by molar-refractivity contribution is 5.70. The van der Waals surface area contributed by atoms with Crippen LogP contribution in [0.5, 0.6) is 0 Å². The summed E-state index contributed by atoms with van der Waals surface area (Å²) in [5.74, 6) is 2.79. The van der Waals surface area contributed by atoms with Crippen LogP contribution in [-0.4, -0.2) is 105 Å². The second-order valence-electron chi connectivity index (χ2n) is 17.5. The van der Waals surface area contributed by atoms with Crippen LogP contribution in [0.25, 0.3) is 0 Å². The molecule has 4 fully saturated rings. The molecule has 2 atom stereocenters. The van der Waals surface area contributed by atoms with Gasteiger partial charge in [0.05, 0.1) is 52.4 Å². The van der Waals surface area contributed by atoms with E-state index in [0.717, 1.165) is 90.1 Å². The van der Waals surface area contributed by atoms with E-state index in [4.69, 9.17) is 23.3 Å². The molecule has 6 rings (SSSR count). The average molecular weight is 787 g/mol. The zero-order valence-corrected chi connectivity index (χ0v) is 34.6. The van der Waals surface area contributed by atoms with Gasteiger partial charge in [-0.15, -0.1) is 0 Å². The van der Waals surface area contributed by atoms with Crippen LogP contribution in [-0.2, 0) is 36.9 Å². The molecule has 0 amide bonds. The number of carbonyl (C=O) groups excluding carboxylic acids is 1. The van der Waals surface area contributed by atoms with Gasteiger partial charge in [-0.1, -0.05) is 100 Å². The van der Waals surface area contributed by atoms with Crippen LogP contribution in [0.1, 0.15) is 172 Å². The Bertz CT molecular complexity index is 1400. The molecular formula is C42H70N6O8. The fourth-order valence-electron chi connectivity index (χ4n) is 8.59. The molecule has 14 nitrogen and oxygen atoms in total. The zero-order valence-electron chi connectivity index (χ0n) is 34.6. The number of esters is 1. The smallest absolute Gasteiger partial charge is 0.307 e. The second-order valence-corrected chi connectivity index (χ2v) is 17.5. The van der Waals surface area contributed by atoms with E-state index in [1.54, 1.807) is 0 Å². The highest BCUT2D eigenvalue weighted by Gasteiger charge is 2.28. The third kappa shape index (κ3) is 16.5. The van der Waals surface area contributed by atoms with Crippen molar-refractivity contribution in [2.45, 2.75) is 167 Å². The van der Waals surface area contributed by atoms with Gasteiger partial charge in [0.15, 0.2) is 11.6 Å². The molecule has 316 valence electrons. The number of carboxylic acids is 1. The van der Waals surface area contributed by atoms with Crippen LogP contribution in [0.3, 0.4) is 0 Å². The van der Waals surface area contributed by atoms with Crippen molar-refractivity contribution >= 4 is 11.9 Å². The number of aliphatic carboxylic acids is 1. The summed E-state index contributed by atoms with van der Waals surface area (Å²) in [4.78, 5) is 37.4. The molecule has 2 aliphatic carbocycles. The molecular weight excluding hydrogens is 716 g/mol. The van der Waals surface area contributed by atoms with Crippen LogP contribution in [0, 0.1) is 11.8 Å². The molecule has 0 bridgehead atoms. The van der Waals surface area contributed by atoms with E-state index < -0.39 is 11.6 Å². The molecule has 0 radical (unpaired) electrons. The SMILES string of the molecule is CC(C)(C)OC(=O)C[C@@H](CCCC1CCCCC1)c1nc(CN2CCOCC2)no1.O=C(O)C[C@@H](CCCC1CCCCC1)c1nc(CN2CCOCC2)no1. The predicted octanol–water partition coefficient (Wildman–Crippen LogP) is 7.68. The molecule has 2 saturated heterocycles. The zero-order chi connectivity index (χ0) is 39.6. The number of aromatic nitrogens is 4. The van der Waals surface area contributed by atoms with Crippen molar-refractivity contribution < 1.29 is 38.0 Å². The Balaban J connectivity index is 0.000000216.